The smallest absolute Gasteiger partial charge is 0.356 e. The van der Waals surface area contributed by atoms with Crippen LogP contribution in [0, 0.1) is 12.7 Å². The lowest BCUT2D eigenvalue weighted by Crippen LogP contribution is -2.36. The van der Waals surface area contributed by atoms with Crippen LogP contribution in [0.2, 0.25) is 0 Å². The van der Waals surface area contributed by atoms with Gasteiger partial charge in [-0.3, -0.25) is 4.79 Å². The van der Waals surface area contributed by atoms with Gasteiger partial charge in [0.1, 0.15) is 11.5 Å². The van der Waals surface area contributed by atoms with Crippen LogP contribution < -0.4 is 16.0 Å². The summed E-state index contributed by atoms with van der Waals surface area (Å²) in [5.41, 5.74) is 8.40. The van der Waals surface area contributed by atoms with E-state index < -0.39 is 11.8 Å². The zero-order valence-corrected chi connectivity index (χ0v) is 18.0. The van der Waals surface area contributed by atoms with Crippen LogP contribution in [0.1, 0.15) is 32.0 Å². The molecule has 1 fully saturated rings. The number of nitrogens with zero attached hydrogens (tertiary/aromatic N) is 3. The molecule has 0 aliphatic carbocycles. The molecule has 2 heterocycles. The number of nitrogens with one attached hydrogen (secondary N) is 1. The van der Waals surface area contributed by atoms with Gasteiger partial charge >= 0.3 is 5.97 Å². The van der Waals surface area contributed by atoms with Gasteiger partial charge in [-0.1, -0.05) is 18.2 Å². The van der Waals surface area contributed by atoms with Crippen LogP contribution >= 0.6 is 0 Å². The zero-order chi connectivity index (χ0) is 23.5. The maximum Gasteiger partial charge on any atom is 0.356 e. The molecule has 0 spiro atoms. The van der Waals surface area contributed by atoms with Crippen LogP contribution in [0.5, 0.6) is 0 Å². The number of carboxylic acid groups (broad SMARTS) is 1. The highest BCUT2D eigenvalue weighted by Gasteiger charge is 2.26. The molecule has 0 atom stereocenters. The molecule has 0 bridgehead atoms. The van der Waals surface area contributed by atoms with E-state index in [2.05, 4.69) is 10.4 Å². The lowest BCUT2D eigenvalue weighted by atomic mass is 10.1. The Balaban J connectivity index is 1.52. The number of aromatic carboxylic acids is 1. The summed E-state index contributed by atoms with van der Waals surface area (Å²) in [6, 6.07) is 11.0. The van der Waals surface area contributed by atoms with E-state index in [4.69, 9.17) is 10.5 Å². The van der Waals surface area contributed by atoms with E-state index in [-0.39, 0.29) is 29.4 Å². The van der Waals surface area contributed by atoms with Crippen molar-refractivity contribution < 1.29 is 23.8 Å². The highest BCUT2D eigenvalue weighted by Crippen LogP contribution is 2.29. The van der Waals surface area contributed by atoms with Gasteiger partial charge < -0.3 is 25.8 Å². The van der Waals surface area contributed by atoms with Gasteiger partial charge in [-0.15, -0.1) is 5.10 Å². The normalized spacial score (nSPS) is 13.7. The van der Waals surface area contributed by atoms with Gasteiger partial charge in [0, 0.05) is 25.2 Å². The Labute approximate surface area is 189 Å². The number of amides is 1. The van der Waals surface area contributed by atoms with Crippen LogP contribution in [0.4, 0.5) is 15.9 Å². The number of rotatable bonds is 6. The number of aromatic nitrogens is 2. The van der Waals surface area contributed by atoms with Crippen LogP contribution in [-0.2, 0) is 11.3 Å². The van der Waals surface area contributed by atoms with Crippen LogP contribution in [-0.4, -0.2) is 53.1 Å². The van der Waals surface area contributed by atoms with Crippen molar-refractivity contribution in [3.05, 3.63) is 70.7 Å². The van der Waals surface area contributed by atoms with E-state index >= 15 is 0 Å². The molecule has 0 unspecified atom stereocenters. The van der Waals surface area contributed by atoms with Crippen molar-refractivity contribution in [1.29, 1.82) is 0 Å². The Kier molecular flexibility index (Phi) is 6.27. The molecule has 33 heavy (non-hydrogen) atoms. The van der Waals surface area contributed by atoms with Gasteiger partial charge in [0.2, 0.25) is 0 Å². The minimum absolute atomic E-state index is 0.103. The predicted molar refractivity (Wildman–Crippen MR) is 120 cm³/mol. The largest absolute Gasteiger partial charge is 0.476 e. The van der Waals surface area contributed by atoms with E-state index in [1.165, 1.54) is 16.8 Å². The number of nitrogens with two attached hydrogens (primary N) is 1. The predicted octanol–water partition coefficient (Wildman–Crippen LogP) is 2.37. The molecule has 1 aliphatic rings. The van der Waals surface area contributed by atoms with Crippen molar-refractivity contribution >= 4 is 23.4 Å². The lowest BCUT2D eigenvalue weighted by molar-refractivity contribution is 0.0688. The quantitative estimate of drug-likeness (QED) is 0.524. The van der Waals surface area contributed by atoms with Crippen molar-refractivity contribution in [3.63, 3.8) is 0 Å². The van der Waals surface area contributed by atoms with Crippen molar-refractivity contribution in [2.45, 2.75) is 13.5 Å². The number of halogens is 1. The molecule has 10 heteroatoms. The number of nitrogen functional groups attached to an aromatic ring is 1. The third-order valence-corrected chi connectivity index (χ3v) is 5.49. The fraction of sp³-hybridized carbons (Fsp3) is 0.261. The Morgan fingerprint density at radius 2 is 1.88 bits per heavy atom. The minimum Gasteiger partial charge on any atom is -0.476 e. The molecule has 1 saturated heterocycles. The second-order valence-electron chi connectivity index (χ2n) is 7.71. The number of ether oxygens (including phenoxy) is 1. The van der Waals surface area contributed by atoms with E-state index in [1.54, 1.807) is 37.3 Å². The lowest BCUT2D eigenvalue weighted by Gasteiger charge is -2.26. The Morgan fingerprint density at radius 1 is 1.18 bits per heavy atom. The second kappa shape index (κ2) is 9.29. The molecule has 172 valence electrons. The number of carbonyl (C=O) groups is 2. The number of anilines is 2. The van der Waals surface area contributed by atoms with Gasteiger partial charge in [0.15, 0.2) is 11.5 Å². The molecule has 1 aliphatic heterocycles. The standard InChI is InChI=1S/C23H24FN5O4/c1-14-2-5-16(24)12-18(14)22(30)26-13-15-3-6-17(7-4-15)29-20(23(31)32)19(25)21(27-29)28-8-10-33-11-9-28/h2-7,12H,8-11,13,25H2,1H3,(H,26,30)(H,31,32). The molecule has 0 saturated carbocycles. The number of benzene rings is 2. The van der Waals surface area contributed by atoms with Crippen molar-refractivity contribution in [1.82, 2.24) is 15.1 Å². The average molecular weight is 453 g/mol. The van der Waals surface area contributed by atoms with Crippen LogP contribution in [0.25, 0.3) is 5.69 Å². The van der Waals surface area contributed by atoms with Crippen LogP contribution in [0.15, 0.2) is 42.5 Å². The zero-order valence-electron chi connectivity index (χ0n) is 18.0. The first-order valence-electron chi connectivity index (χ1n) is 10.4. The number of carboxylic acids is 1. The molecule has 4 N–H and O–H groups in total. The number of hydrogen-bond acceptors (Lipinski definition) is 6. The Bertz CT molecular complexity index is 1190. The third-order valence-electron chi connectivity index (χ3n) is 5.49. The van der Waals surface area contributed by atoms with Gasteiger partial charge in [-0.05, 0) is 42.3 Å². The molecule has 9 nitrogen and oxygen atoms in total. The summed E-state index contributed by atoms with van der Waals surface area (Å²) in [5.74, 6) is -1.61. The molecular weight excluding hydrogens is 429 g/mol. The average Bonchev–Trinajstić information content (AvgIpc) is 3.17. The first-order valence-corrected chi connectivity index (χ1v) is 10.4. The fourth-order valence-electron chi connectivity index (χ4n) is 3.69. The van der Waals surface area contributed by atoms with Gasteiger partial charge in [0.05, 0.1) is 18.9 Å². The van der Waals surface area contributed by atoms with Crippen LogP contribution in [0.3, 0.4) is 0 Å². The van der Waals surface area contributed by atoms with Crippen molar-refractivity contribution in [3.8, 4) is 5.69 Å². The summed E-state index contributed by atoms with van der Waals surface area (Å²) in [6.07, 6.45) is 0. The second-order valence-corrected chi connectivity index (χ2v) is 7.71. The minimum atomic E-state index is -1.18. The summed E-state index contributed by atoms with van der Waals surface area (Å²) in [7, 11) is 0. The number of hydrogen-bond donors (Lipinski definition) is 3. The molecular formula is C23H24FN5O4. The Hall–Kier alpha value is -3.92. The molecule has 1 aromatic heterocycles. The SMILES string of the molecule is Cc1ccc(F)cc1C(=O)NCc1ccc(-n2nc(N3CCOCC3)c(N)c2C(=O)O)cc1. The highest BCUT2D eigenvalue weighted by molar-refractivity contribution is 5.96. The summed E-state index contributed by atoms with van der Waals surface area (Å²) in [6.45, 7) is 4.15. The monoisotopic (exact) mass is 453 g/mol. The Morgan fingerprint density at radius 3 is 2.55 bits per heavy atom. The van der Waals surface area contributed by atoms with Gasteiger partial charge in [0.25, 0.3) is 5.91 Å². The first kappa shape index (κ1) is 22.3. The number of aryl methyl sites for hydroxylation is 1. The van der Waals surface area contributed by atoms with E-state index in [1.807, 2.05) is 4.90 Å². The molecule has 3 aromatic rings. The molecule has 4 rings (SSSR count). The summed E-state index contributed by atoms with van der Waals surface area (Å²) >= 11 is 0. The van der Waals surface area contributed by atoms with Crippen molar-refractivity contribution in [2.75, 3.05) is 36.9 Å². The van der Waals surface area contributed by atoms with Gasteiger partial charge in [-0.25, -0.2) is 13.9 Å². The van der Waals surface area contributed by atoms with E-state index in [9.17, 15) is 19.1 Å². The maximum absolute atomic E-state index is 13.5. The van der Waals surface area contributed by atoms with E-state index in [0.717, 1.165) is 5.56 Å². The van der Waals surface area contributed by atoms with E-state index in [0.29, 0.717) is 43.4 Å². The number of morpholine rings is 1. The van der Waals surface area contributed by atoms with Gasteiger partial charge in [-0.2, -0.15) is 0 Å². The summed E-state index contributed by atoms with van der Waals surface area (Å²) in [4.78, 5) is 26.2. The summed E-state index contributed by atoms with van der Waals surface area (Å²) in [5, 5.41) is 16.9. The first-order chi connectivity index (χ1) is 15.8. The topological polar surface area (TPSA) is 123 Å². The number of carbonyl (C=O) groups excluding carboxylic acids is 1. The third kappa shape index (κ3) is 4.65. The van der Waals surface area contributed by atoms with Crippen molar-refractivity contribution in [2.24, 2.45) is 0 Å². The molecule has 1 amide bonds. The molecule has 0 radical (unpaired) electrons. The maximum atomic E-state index is 13.5. The summed E-state index contributed by atoms with van der Waals surface area (Å²) < 4.78 is 20.1. The molecule has 2 aromatic carbocycles. The highest BCUT2D eigenvalue weighted by atomic mass is 19.1. The fourth-order valence-corrected chi connectivity index (χ4v) is 3.69.